The van der Waals surface area contributed by atoms with E-state index in [-0.39, 0.29) is 11.2 Å². The fourth-order valence-electron chi connectivity index (χ4n) is 2.70. The van der Waals surface area contributed by atoms with E-state index in [2.05, 4.69) is 24.1 Å². The highest BCUT2D eigenvalue weighted by Gasteiger charge is 2.25. The summed E-state index contributed by atoms with van der Waals surface area (Å²) in [5, 5.41) is 4.18. The molecule has 0 fully saturated rings. The van der Waals surface area contributed by atoms with Gasteiger partial charge < -0.3 is 10.3 Å². The van der Waals surface area contributed by atoms with Crippen LogP contribution >= 0.6 is 0 Å². The van der Waals surface area contributed by atoms with Crippen molar-refractivity contribution in [2.45, 2.75) is 26.2 Å². The van der Waals surface area contributed by atoms with E-state index in [9.17, 15) is 4.39 Å². The maximum absolute atomic E-state index is 13.4. The van der Waals surface area contributed by atoms with E-state index < -0.39 is 0 Å². The first-order valence-corrected chi connectivity index (χ1v) is 5.88. The summed E-state index contributed by atoms with van der Waals surface area (Å²) in [7, 11) is 1.94. The van der Waals surface area contributed by atoms with Gasteiger partial charge in [0, 0.05) is 28.6 Å². The van der Waals surface area contributed by atoms with Crippen molar-refractivity contribution in [1.29, 1.82) is 0 Å². The number of likely N-dealkylation sites (N-methyl/N-ethyl adjacent to an activating group) is 1. The molecule has 0 spiro atoms. The fourth-order valence-corrected chi connectivity index (χ4v) is 2.70. The highest BCUT2D eigenvalue weighted by molar-refractivity contribution is 5.85. The average Bonchev–Trinajstić information content (AvgIpc) is 2.53. The van der Waals surface area contributed by atoms with E-state index in [1.165, 1.54) is 11.6 Å². The SMILES string of the molecule is CNCC(C)(C)c1c(C)[nH]c2ccc(F)cc12. The number of benzene rings is 1. The zero-order valence-electron chi connectivity index (χ0n) is 10.8. The predicted molar refractivity (Wildman–Crippen MR) is 69.9 cm³/mol. The molecule has 17 heavy (non-hydrogen) atoms. The summed E-state index contributed by atoms with van der Waals surface area (Å²) >= 11 is 0. The summed E-state index contributed by atoms with van der Waals surface area (Å²) in [6, 6.07) is 4.91. The van der Waals surface area contributed by atoms with Gasteiger partial charge in [0.05, 0.1) is 0 Å². The van der Waals surface area contributed by atoms with E-state index in [0.717, 1.165) is 23.1 Å². The van der Waals surface area contributed by atoms with Crippen LogP contribution in [-0.2, 0) is 5.41 Å². The molecule has 0 saturated heterocycles. The van der Waals surface area contributed by atoms with Crippen LogP contribution in [0.15, 0.2) is 18.2 Å². The number of H-pyrrole nitrogens is 1. The molecule has 0 bridgehead atoms. The zero-order valence-corrected chi connectivity index (χ0v) is 10.8. The van der Waals surface area contributed by atoms with Crippen LogP contribution < -0.4 is 5.32 Å². The zero-order chi connectivity index (χ0) is 12.6. The summed E-state index contributed by atoms with van der Waals surface area (Å²) in [4.78, 5) is 3.32. The fraction of sp³-hybridized carbons (Fsp3) is 0.429. The van der Waals surface area contributed by atoms with Gasteiger partial charge >= 0.3 is 0 Å². The number of aromatic nitrogens is 1. The Labute approximate surface area is 101 Å². The molecule has 2 N–H and O–H groups in total. The Bertz CT molecular complexity index is 540. The molecule has 0 atom stereocenters. The van der Waals surface area contributed by atoms with E-state index in [0.29, 0.717) is 0 Å². The van der Waals surface area contributed by atoms with Gasteiger partial charge in [0.25, 0.3) is 0 Å². The van der Waals surface area contributed by atoms with Crippen LogP contribution in [0.2, 0.25) is 0 Å². The summed E-state index contributed by atoms with van der Waals surface area (Å²) < 4.78 is 13.4. The predicted octanol–water partition coefficient (Wildman–Crippen LogP) is 3.11. The van der Waals surface area contributed by atoms with E-state index in [1.54, 1.807) is 12.1 Å². The number of rotatable bonds is 3. The van der Waals surface area contributed by atoms with Gasteiger partial charge in [-0.1, -0.05) is 13.8 Å². The van der Waals surface area contributed by atoms with Crippen LogP contribution in [0, 0.1) is 12.7 Å². The lowest BCUT2D eigenvalue weighted by Crippen LogP contribution is -2.31. The largest absolute Gasteiger partial charge is 0.358 e. The first-order chi connectivity index (χ1) is 7.95. The summed E-state index contributed by atoms with van der Waals surface area (Å²) in [5.74, 6) is -0.182. The second-order valence-electron chi connectivity index (χ2n) is 5.23. The number of aryl methyl sites for hydroxylation is 1. The molecule has 0 unspecified atom stereocenters. The van der Waals surface area contributed by atoms with Crippen molar-refractivity contribution in [2.75, 3.05) is 13.6 Å². The van der Waals surface area contributed by atoms with Crippen molar-refractivity contribution >= 4 is 10.9 Å². The Morgan fingerprint density at radius 2 is 2.06 bits per heavy atom. The molecule has 0 aliphatic rings. The van der Waals surface area contributed by atoms with Crippen molar-refractivity contribution in [3.63, 3.8) is 0 Å². The van der Waals surface area contributed by atoms with E-state index in [1.807, 2.05) is 14.0 Å². The van der Waals surface area contributed by atoms with Gasteiger partial charge in [-0.3, -0.25) is 0 Å². The van der Waals surface area contributed by atoms with Crippen molar-refractivity contribution in [2.24, 2.45) is 0 Å². The summed E-state index contributed by atoms with van der Waals surface area (Å²) in [6.07, 6.45) is 0. The van der Waals surface area contributed by atoms with Gasteiger partial charge in [0.2, 0.25) is 0 Å². The summed E-state index contributed by atoms with van der Waals surface area (Å²) in [6.45, 7) is 7.25. The third-order valence-electron chi connectivity index (χ3n) is 3.24. The molecule has 1 aromatic carbocycles. The van der Waals surface area contributed by atoms with Crippen LogP contribution in [0.25, 0.3) is 10.9 Å². The maximum Gasteiger partial charge on any atom is 0.123 e. The molecule has 2 aromatic rings. The molecule has 0 aliphatic carbocycles. The normalized spacial score (nSPS) is 12.3. The third-order valence-corrected chi connectivity index (χ3v) is 3.24. The number of halogens is 1. The van der Waals surface area contributed by atoms with Crippen molar-refractivity contribution in [3.05, 3.63) is 35.3 Å². The van der Waals surface area contributed by atoms with Crippen LogP contribution in [0.1, 0.15) is 25.1 Å². The summed E-state index contributed by atoms with van der Waals surface area (Å²) in [5.41, 5.74) is 3.29. The molecule has 0 aliphatic heterocycles. The molecule has 1 heterocycles. The topological polar surface area (TPSA) is 27.8 Å². The first kappa shape index (κ1) is 12.1. The maximum atomic E-state index is 13.4. The third kappa shape index (κ3) is 2.07. The number of nitrogens with one attached hydrogen (secondary N) is 2. The Kier molecular flexibility index (Phi) is 2.96. The smallest absolute Gasteiger partial charge is 0.123 e. The Morgan fingerprint density at radius 1 is 1.35 bits per heavy atom. The van der Waals surface area contributed by atoms with Crippen LogP contribution in [0.4, 0.5) is 4.39 Å². The van der Waals surface area contributed by atoms with Gasteiger partial charge in [-0.15, -0.1) is 0 Å². The second-order valence-corrected chi connectivity index (χ2v) is 5.23. The molecule has 2 rings (SSSR count). The van der Waals surface area contributed by atoms with E-state index in [4.69, 9.17) is 0 Å². The minimum absolute atomic E-state index is 0.0229. The minimum atomic E-state index is -0.182. The van der Waals surface area contributed by atoms with Gasteiger partial charge in [0.1, 0.15) is 5.82 Å². The molecule has 2 nitrogen and oxygen atoms in total. The first-order valence-electron chi connectivity index (χ1n) is 5.88. The Hall–Kier alpha value is -1.35. The number of aromatic amines is 1. The second kappa shape index (κ2) is 4.15. The molecule has 0 radical (unpaired) electrons. The van der Waals surface area contributed by atoms with Gasteiger partial charge in [0.15, 0.2) is 0 Å². The van der Waals surface area contributed by atoms with Crippen LogP contribution in [0.5, 0.6) is 0 Å². The molecule has 0 saturated carbocycles. The van der Waals surface area contributed by atoms with Crippen LogP contribution in [-0.4, -0.2) is 18.6 Å². The lowest BCUT2D eigenvalue weighted by molar-refractivity contribution is 0.495. The minimum Gasteiger partial charge on any atom is -0.358 e. The molecule has 3 heteroatoms. The van der Waals surface area contributed by atoms with E-state index >= 15 is 0 Å². The number of fused-ring (bicyclic) bond motifs is 1. The molecular weight excluding hydrogens is 215 g/mol. The molecule has 1 aromatic heterocycles. The standard InChI is InChI=1S/C14H19FN2/c1-9-13(14(2,3)8-16-4)11-7-10(15)5-6-12(11)17-9/h5-7,16-17H,8H2,1-4H3. The number of hydrogen-bond acceptors (Lipinski definition) is 1. The Balaban J connectivity index is 2.67. The highest BCUT2D eigenvalue weighted by Crippen LogP contribution is 2.33. The lowest BCUT2D eigenvalue weighted by Gasteiger charge is -2.25. The average molecular weight is 234 g/mol. The van der Waals surface area contributed by atoms with Gasteiger partial charge in [-0.25, -0.2) is 4.39 Å². The highest BCUT2D eigenvalue weighted by atomic mass is 19.1. The van der Waals surface area contributed by atoms with Gasteiger partial charge in [-0.05, 0) is 37.7 Å². The number of hydrogen-bond donors (Lipinski definition) is 2. The monoisotopic (exact) mass is 234 g/mol. The Morgan fingerprint density at radius 3 is 2.71 bits per heavy atom. The van der Waals surface area contributed by atoms with Crippen molar-refractivity contribution in [1.82, 2.24) is 10.3 Å². The molecule has 0 amide bonds. The quantitative estimate of drug-likeness (QED) is 0.839. The molecule has 92 valence electrons. The lowest BCUT2D eigenvalue weighted by atomic mass is 9.82. The van der Waals surface area contributed by atoms with Gasteiger partial charge in [-0.2, -0.15) is 0 Å². The van der Waals surface area contributed by atoms with Crippen molar-refractivity contribution < 1.29 is 4.39 Å². The van der Waals surface area contributed by atoms with Crippen LogP contribution in [0.3, 0.4) is 0 Å². The molecular formula is C14H19FN2. The van der Waals surface area contributed by atoms with Crippen molar-refractivity contribution in [3.8, 4) is 0 Å².